The highest BCUT2D eigenvalue weighted by Gasteiger charge is 2.39. The van der Waals surface area contributed by atoms with E-state index in [1.807, 2.05) is 0 Å². The van der Waals surface area contributed by atoms with Crippen molar-refractivity contribution in [2.45, 2.75) is 32.0 Å². The zero-order valence-electron chi connectivity index (χ0n) is 21.6. The number of nitrogens with one attached hydrogen (secondary N) is 2. The third-order valence-electron chi connectivity index (χ3n) is 6.67. The number of alkyl halides is 3. The Morgan fingerprint density at radius 3 is 2.73 bits per heavy atom. The summed E-state index contributed by atoms with van der Waals surface area (Å²) < 4.78 is 65.4. The van der Waals surface area contributed by atoms with Gasteiger partial charge in [-0.3, -0.25) is 4.40 Å². The largest absolute Gasteiger partial charge is 0.455 e. The molecule has 0 bridgehead atoms. The highest BCUT2D eigenvalue weighted by atomic mass is 19.4. The van der Waals surface area contributed by atoms with E-state index in [1.165, 1.54) is 30.2 Å². The summed E-state index contributed by atoms with van der Waals surface area (Å²) in [4.78, 5) is 27.8. The number of hydrogen-bond donors (Lipinski definition) is 2. The number of imidazole rings is 1. The number of aryl methyl sites for hydroxylation is 1. The van der Waals surface area contributed by atoms with Gasteiger partial charge in [-0.1, -0.05) is 0 Å². The monoisotopic (exact) mass is 569 g/mol. The Morgan fingerprint density at radius 1 is 1.15 bits per heavy atom. The topological polar surface area (TPSA) is 114 Å². The van der Waals surface area contributed by atoms with E-state index in [1.54, 1.807) is 35.0 Å². The minimum absolute atomic E-state index is 0.0383. The molecule has 2 amide bonds. The zero-order valence-corrected chi connectivity index (χ0v) is 21.6. The molecule has 0 saturated carbocycles. The molecule has 0 unspecified atom stereocenters. The Kier molecular flexibility index (Phi) is 6.59. The fourth-order valence-electron chi connectivity index (χ4n) is 4.87. The molecule has 41 heavy (non-hydrogen) atoms. The van der Waals surface area contributed by atoms with Crippen LogP contribution in [0, 0.1) is 12.7 Å². The normalized spacial score (nSPS) is 15.8. The van der Waals surface area contributed by atoms with Gasteiger partial charge in [0.25, 0.3) is 0 Å². The van der Waals surface area contributed by atoms with Crippen molar-refractivity contribution in [2.75, 3.05) is 23.7 Å². The van der Waals surface area contributed by atoms with Crippen LogP contribution in [-0.2, 0) is 6.18 Å². The van der Waals surface area contributed by atoms with E-state index in [2.05, 4.69) is 25.6 Å². The van der Waals surface area contributed by atoms with Crippen LogP contribution in [0.3, 0.4) is 0 Å². The van der Waals surface area contributed by atoms with Crippen molar-refractivity contribution >= 4 is 23.5 Å². The van der Waals surface area contributed by atoms with Crippen molar-refractivity contribution in [3.05, 3.63) is 72.4 Å². The van der Waals surface area contributed by atoms with Crippen LogP contribution in [0.1, 0.15) is 24.4 Å². The van der Waals surface area contributed by atoms with Gasteiger partial charge < -0.3 is 24.4 Å². The fourth-order valence-corrected chi connectivity index (χ4v) is 4.87. The Bertz CT molecular complexity index is 1710. The van der Waals surface area contributed by atoms with Crippen molar-refractivity contribution in [3.8, 4) is 22.6 Å². The number of anilines is 2. The molecule has 5 aromatic rings. The molecule has 14 heteroatoms. The third-order valence-corrected chi connectivity index (χ3v) is 6.67. The maximum Gasteiger partial charge on any atom is 0.451 e. The number of furan rings is 1. The van der Waals surface area contributed by atoms with Crippen molar-refractivity contribution in [3.63, 3.8) is 0 Å². The first-order valence-corrected chi connectivity index (χ1v) is 12.7. The number of carbonyl (C=O) groups excluding carboxylic acids is 1. The number of urea groups is 1. The molecule has 1 saturated heterocycles. The van der Waals surface area contributed by atoms with Crippen LogP contribution in [0.4, 0.5) is 34.0 Å². The maximum absolute atomic E-state index is 13.5. The summed E-state index contributed by atoms with van der Waals surface area (Å²) >= 11 is 0. The minimum Gasteiger partial charge on any atom is -0.455 e. The molecule has 4 aromatic heterocycles. The van der Waals surface area contributed by atoms with E-state index in [9.17, 15) is 22.4 Å². The smallest absolute Gasteiger partial charge is 0.451 e. The average molecular weight is 570 g/mol. The number of oxazole rings is 1. The Morgan fingerprint density at radius 2 is 1.95 bits per heavy atom. The van der Waals surface area contributed by atoms with Gasteiger partial charge >= 0.3 is 18.1 Å². The molecular weight excluding hydrogens is 546 g/mol. The van der Waals surface area contributed by atoms with E-state index in [0.717, 1.165) is 6.07 Å². The molecule has 1 aromatic carbocycles. The predicted molar refractivity (Wildman–Crippen MR) is 140 cm³/mol. The molecule has 0 aliphatic carbocycles. The molecule has 6 rings (SSSR count). The number of amides is 2. The van der Waals surface area contributed by atoms with Crippen LogP contribution in [0.25, 0.3) is 28.5 Å². The molecule has 1 aliphatic rings. The lowest BCUT2D eigenvalue weighted by Gasteiger charge is -2.33. The Balaban J connectivity index is 1.21. The van der Waals surface area contributed by atoms with E-state index >= 15 is 0 Å². The second kappa shape index (κ2) is 10.3. The van der Waals surface area contributed by atoms with Crippen LogP contribution in [0.5, 0.6) is 0 Å². The quantitative estimate of drug-likeness (QED) is 0.242. The number of hydrogen-bond acceptors (Lipinski definition) is 7. The van der Waals surface area contributed by atoms with Crippen molar-refractivity contribution in [1.82, 2.24) is 24.3 Å². The van der Waals surface area contributed by atoms with Crippen LogP contribution in [0.15, 0.2) is 63.9 Å². The molecule has 1 atom stereocenters. The standard InChI is InChI=1S/C27H23F4N7O3/c1-15-13-20(23(41-15)27(29,30)31)35-25(39)37-10-2-3-18(14-37)33-24-32-9-8-19(34-24)22-21(16-4-6-17(28)7-5-16)36-26-38(22)11-12-40-26/h4-9,11-13,18H,2-3,10,14H2,1H3,(H,35,39)(H,32,33,34)/t18-/m1/s1. The molecule has 212 valence electrons. The minimum atomic E-state index is -4.74. The number of piperidine rings is 1. The highest BCUT2D eigenvalue weighted by Crippen LogP contribution is 2.37. The zero-order chi connectivity index (χ0) is 28.7. The number of halogens is 4. The molecule has 10 nitrogen and oxygen atoms in total. The Hall–Kier alpha value is -4.88. The summed E-state index contributed by atoms with van der Waals surface area (Å²) in [5.41, 5.74) is 1.93. The first-order chi connectivity index (χ1) is 19.7. The first-order valence-electron chi connectivity index (χ1n) is 12.7. The number of likely N-dealkylation sites (tertiary alicyclic amines) is 1. The van der Waals surface area contributed by atoms with E-state index in [-0.39, 0.29) is 24.2 Å². The lowest BCUT2D eigenvalue weighted by atomic mass is 10.1. The van der Waals surface area contributed by atoms with E-state index in [0.29, 0.717) is 53.8 Å². The molecule has 5 heterocycles. The number of fused-ring (bicyclic) bond motifs is 1. The van der Waals surface area contributed by atoms with Gasteiger partial charge in [0, 0.05) is 43.2 Å². The average Bonchev–Trinajstić information content (AvgIpc) is 3.64. The fraction of sp³-hybridized carbons (Fsp3) is 0.259. The summed E-state index contributed by atoms with van der Waals surface area (Å²) in [6.07, 6.45) is 1.34. The van der Waals surface area contributed by atoms with Gasteiger partial charge in [-0.25, -0.2) is 19.2 Å². The SMILES string of the molecule is Cc1cc(NC(=O)N2CCC[C@@H](Nc3nccc(-c4c(-c5ccc(F)cc5)nc5occn45)n3)C2)c(C(F)(F)F)o1. The van der Waals surface area contributed by atoms with Gasteiger partial charge in [-0.15, -0.1) is 0 Å². The number of carbonyl (C=O) groups is 1. The molecule has 0 radical (unpaired) electrons. The second-order valence-electron chi connectivity index (χ2n) is 9.59. The van der Waals surface area contributed by atoms with Gasteiger partial charge in [0.1, 0.15) is 29.2 Å². The highest BCUT2D eigenvalue weighted by molar-refractivity contribution is 5.90. The lowest BCUT2D eigenvalue weighted by Crippen LogP contribution is -2.47. The van der Waals surface area contributed by atoms with Gasteiger partial charge in [0.15, 0.2) is 0 Å². The van der Waals surface area contributed by atoms with Gasteiger partial charge in [-0.05, 0) is 50.1 Å². The lowest BCUT2D eigenvalue weighted by molar-refractivity contribution is -0.152. The number of rotatable bonds is 5. The summed E-state index contributed by atoms with van der Waals surface area (Å²) in [7, 11) is 0. The number of aromatic nitrogens is 4. The molecule has 1 fully saturated rings. The van der Waals surface area contributed by atoms with Crippen LogP contribution >= 0.6 is 0 Å². The van der Waals surface area contributed by atoms with Gasteiger partial charge in [-0.2, -0.15) is 18.2 Å². The number of nitrogens with zero attached hydrogens (tertiary/aromatic N) is 5. The Labute approximate surface area is 230 Å². The molecular formula is C27H23F4N7O3. The first kappa shape index (κ1) is 26.3. The van der Waals surface area contributed by atoms with Crippen molar-refractivity contribution in [1.29, 1.82) is 0 Å². The van der Waals surface area contributed by atoms with Crippen molar-refractivity contribution in [2.24, 2.45) is 0 Å². The number of benzene rings is 1. The molecule has 0 spiro atoms. The van der Waals surface area contributed by atoms with Crippen LogP contribution < -0.4 is 10.6 Å². The summed E-state index contributed by atoms with van der Waals surface area (Å²) in [5, 5.41) is 5.57. The summed E-state index contributed by atoms with van der Waals surface area (Å²) in [5.74, 6) is -0.947. The second-order valence-corrected chi connectivity index (χ2v) is 9.59. The van der Waals surface area contributed by atoms with Gasteiger partial charge in [0.2, 0.25) is 11.7 Å². The third kappa shape index (κ3) is 5.32. The van der Waals surface area contributed by atoms with Crippen LogP contribution in [0.2, 0.25) is 0 Å². The van der Waals surface area contributed by atoms with E-state index < -0.39 is 23.7 Å². The maximum atomic E-state index is 13.5. The van der Waals surface area contributed by atoms with E-state index in [4.69, 9.17) is 8.83 Å². The molecule has 1 aliphatic heterocycles. The van der Waals surface area contributed by atoms with Crippen molar-refractivity contribution < 1.29 is 31.2 Å². The molecule has 2 N–H and O–H groups in total. The van der Waals surface area contributed by atoms with Gasteiger partial charge in [0.05, 0.1) is 11.4 Å². The van der Waals surface area contributed by atoms with Crippen LogP contribution in [-0.4, -0.2) is 49.4 Å². The summed E-state index contributed by atoms with van der Waals surface area (Å²) in [6.45, 7) is 1.97. The predicted octanol–water partition coefficient (Wildman–Crippen LogP) is 6.22. The summed E-state index contributed by atoms with van der Waals surface area (Å²) in [6, 6.07) is 7.85.